The Morgan fingerprint density at radius 2 is 1.89 bits per heavy atom. The molecule has 1 aliphatic carbocycles. The average Bonchev–Trinajstić information content (AvgIpc) is 2.39. The van der Waals surface area contributed by atoms with Gasteiger partial charge in [0.1, 0.15) is 11.4 Å². The molecule has 2 nitrogen and oxygen atoms in total. The van der Waals surface area contributed by atoms with E-state index in [1.807, 2.05) is 24.3 Å². The van der Waals surface area contributed by atoms with Crippen molar-refractivity contribution in [1.82, 2.24) is 0 Å². The molecule has 1 heterocycles. The summed E-state index contributed by atoms with van der Waals surface area (Å²) in [7, 11) is 0. The van der Waals surface area contributed by atoms with Crippen molar-refractivity contribution in [3.05, 3.63) is 29.8 Å². The third kappa shape index (κ3) is 2.38. The topological polar surface area (TPSA) is 29.5 Å². The second kappa shape index (κ2) is 4.82. The maximum absolute atomic E-state index is 10.4. The third-order valence-corrected chi connectivity index (χ3v) is 5.05. The SMILES string of the molecule is CC(C)C1CCC2(CC1)CC(O)c1ccccc1O2. The normalized spacial score (nSPS) is 34.1. The Morgan fingerprint density at radius 3 is 2.58 bits per heavy atom. The van der Waals surface area contributed by atoms with Crippen LogP contribution >= 0.6 is 0 Å². The maximum atomic E-state index is 10.4. The smallest absolute Gasteiger partial charge is 0.125 e. The summed E-state index contributed by atoms with van der Waals surface area (Å²) in [6, 6.07) is 7.93. The Kier molecular flexibility index (Phi) is 3.30. The van der Waals surface area contributed by atoms with Crippen molar-refractivity contribution in [3.8, 4) is 5.75 Å². The summed E-state index contributed by atoms with van der Waals surface area (Å²) in [6.07, 6.45) is 5.02. The number of ether oxygens (including phenoxy) is 1. The van der Waals surface area contributed by atoms with Crippen LogP contribution in [0.1, 0.15) is 57.6 Å². The van der Waals surface area contributed by atoms with Gasteiger partial charge in [0.2, 0.25) is 0 Å². The Labute approximate surface area is 115 Å². The van der Waals surface area contributed by atoms with Gasteiger partial charge in [-0.25, -0.2) is 0 Å². The van der Waals surface area contributed by atoms with Crippen LogP contribution in [0.15, 0.2) is 24.3 Å². The number of para-hydroxylation sites is 1. The van der Waals surface area contributed by atoms with Gasteiger partial charge in [0.05, 0.1) is 6.10 Å². The van der Waals surface area contributed by atoms with Crippen molar-refractivity contribution in [3.63, 3.8) is 0 Å². The van der Waals surface area contributed by atoms with E-state index in [2.05, 4.69) is 13.8 Å². The van der Waals surface area contributed by atoms with Crippen molar-refractivity contribution < 1.29 is 9.84 Å². The fourth-order valence-electron chi connectivity index (χ4n) is 3.73. The van der Waals surface area contributed by atoms with E-state index < -0.39 is 0 Å². The molecule has 0 saturated heterocycles. The molecule has 19 heavy (non-hydrogen) atoms. The zero-order valence-electron chi connectivity index (χ0n) is 11.9. The fourth-order valence-corrected chi connectivity index (χ4v) is 3.73. The summed E-state index contributed by atoms with van der Waals surface area (Å²) in [5.41, 5.74) is 0.846. The first-order valence-electron chi connectivity index (χ1n) is 7.56. The molecular weight excluding hydrogens is 236 g/mol. The van der Waals surface area contributed by atoms with E-state index in [0.29, 0.717) is 0 Å². The number of aliphatic hydroxyl groups excluding tert-OH is 1. The molecule has 1 N–H and O–H groups in total. The first-order chi connectivity index (χ1) is 9.10. The fraction of sp³-hybridized carbons (Fsp3) is 0.647. The monoisotopic (exact) mass is 260 g/mol. The van der Waals surface area contributed by atoms with Crippen LogP contribution in [0.25, 0.3) is 0 Å². The number of hydrogen-bond acceptors (Lipinski definition) is 2. The lowest BCUT2D eigenvalue weighted by molar-refractivity contribution is -0.0503. The van der Waals surface area contributed by atoms with Crippen LogP contribution in [0.3, 0.4) is 0 Å². The van der Waals surface area contributed by atoms with Crippen LogP contribution in [0.5, 0.6) is 5.75 Å². The summed E-state index contributed by atoms with van der Waals surface area (Å²) in [5, 5.41) is 10.4. The highest BCUT2D eigenvalue weighted by Gasteiger charge is 2.43. The summed E-state index contributed by atoms with van der Waals surface area (Å²) >= 11 is 0. The molecule has 1 fully saturated rings. The molecule has 2 heteroatoms. The molecule has 104 valence electrons. The number of hydrogen-bond donors (Lipinski definition) is 1. The van der Waals surface area contributed by atoms with E-state index in [0.717, 1.165) is 42.4 Å². The largest absolute Gasteiger partial charge is 0.487 e. The van der Waals surface area contributed by atoms with Gasteiger partial charge in [-0.2, -0.15) is 0 Å². The molecule has 3 rings (SSSR count). The molecule has 0 amide bonds. The second-order valence-electron chi connectivity index (χ2n) is 6.62. The van der Waals surface area contributed by atoms with E-state index in [1.165, 1.54) is 12.8 Å². The van der Waals surface area contributed by atoms with Gasteiger partial charge in [0.15, 0.2) is 0 Å². The van der Waals surface area contributed by atoms with E-state index in [9.17, 15) is 5.11 Å². The standard InChI is InChI=1S/C17H24O2/c1-12(2)13-7-9-17(10-8-13)11-15(18)14-5-3-4-6-16(14)19-17/h3-6,12-13,15,18H,7-11H2,1-2H3. The van der Waals surface area contributed by atoms with Crippen LogP contribution in [-0.4, -0.2) is 10.7 Å². The maximum Gasteiger partial charge on any atom is 0.125 e. The van der Waals surface area contributed by atoms with Crippen molar-refractivity contribution in [2.45, 2.75) is 57.7 Å². The third-order valence-electron chi connectivity index (χ3n) is 5.05. The van der Waals surface area contributed by atoms with Crippen LogP contribution in [0, 0.1) is 11.8 Å². The Morgan fingerprint density at radius 1 is 1.21 bits per heavy atom. The average molecular weight is 260 g/mol. The predicted molar refractivity (Wildman–Crippen MR) is 76.2 cm³/mol. The van der Waals surface area contributed by atoms with Crippen LogP contribution in [0.2, 0.25) is 0 Å². The minimum Gasteiger partial charge on any atom is -0.487 e. The van der Waals surface area contributed by atoms with E-state index in [-0.39, 0.29) is 11.7 Å². The lowest BCUT2D eigenvalue weighted by Crippen LogP contribution is -2.44. The summed E-state index contributed by atoms with van der Waals surface area (Å²) in [5.74, 6) is 2.48. The van der Waals surface area contributed by atoms with Gasteiger partial charge in [-0.3, -0.25) is 0 Å². The molecule has 1 unspecified atom stereocenters. The lowest BCUT2D eigenvalue weighted by Gasteiger charge is -2.45. The highest BCUT2D eigenvalue weighted by Crippen LogP contribution is 2.47. The zero-order chi connectivity index (χ0) is 13.5. The highest BCUT2D eigenvalue weighted by atomic mass is 16.5. The number of rotatable bonds is 1. The number of fused-ring (bicyclic) bond motifs is 1. The number of aliphatic hydroxyl groups is 1. The molecule has 0 bridgehead atoms. The molecular formula is C17H24O2. The first kappa shape index (κ1) is 13.0. The minimum absolute atomic E-state index is 0.112. The van der Waals surface area contributed by atoms with Crippen molar-refractivity contribution in [1.29, 1.82) is 0 Å². The Hall–Kier alpha value is -1.02. The lowest BCUT2D eigenvalue weighted by atomic mass is 9.71. The van der Waals surface area contributed by atoms with Gasteiger partial charge in [-0.05, 0) is 43.6 Å². The summed E-state index contributed by atoms with van der Waals surface area (Å²) < 4.78 is 6.30. The van der Waals surface area contributed by atoms with Gasteiger partial charge in [-0.1, -0.05) is 32.0 Å². The van der Waals surface area contributed by atoms with Gasteiger partial charge < -0.3 is 9.84 Å². The van der Waals surface area contributed by atoms with Crippen molar-refractivity contribution in [2.75, 3.05) is 0 Å². The quantitative estimate of drug-likeness (QED) is 0.824. The van der Waals surface area contributed by atoms with Crippen LogP contribution in [-0.2, 0) is 0 Å². The zero-order valence-corrected chi connectivity index (χ0v) is 11.9. The minimum atomic E-state index is -0.361. The molecule has 0 radical (unpaired) electrons. The summed E-state index contributed by atoms with van der Waals surface area (Å²) in [4.78, 5) is 0. The molecule has 1 atom stereocenters. The molecule has 0 aromatic heterocycles. The number of benzene rings is 1. The summed E-state index contributed by atoms with van der Waals surface area (Å²) in [6.45, 7) is 4.63. The highest BCUT2D eigenvalue weighted by molar-refractivity contribution is 5.38. The van der Waals surface area contributed by atoms with Gasteiger partial charge in [0.25, 0.3) is 0 Å². The van der Waals surface area contributed by atoms with E-state index >= 15 is 0 Å². The Bertz CT molecular complexity index is 444. The van der Waals surface area contributed by atoms with E-state index in [1.54, 1.807) is 0 Å². The Balaban J connectivity index is 1.78. The molecule has 1 saturated carbocycles. The molecule has 1 aromatic carbocycles. The molecule has 1 spiro atoms. The van der Waals surface area contributed by atoms with E-state index in [4.69, 9.17) is 4.74 Å². The van der Waals surface area contributed by atoms with Gasteiger partial charge in [0, 0.05) is 12.0 Å². The predicted octanol–water partition coefficient (Wildman–Crippen LogP) is 4.09. The second-order valence-corrected chi connectivity index (χ2v) is 6.62. The molecule has 1 aliphatic heterocycles. The van der Waals surface area contributed by atoms with Gasteiger partial charge >= 0.3 is 0 Å². The first-order valence-corrected chi connectivity index (χ1v) is 7.56. The molecule has 1 aromatic rings. The van der Waals surface area contributed by atoms with Crippen LogP contribution < -0.4 is 4.74 Å². The van der Waals surface area contributed by atoms with Gasteiger partial charge in [-0.15, -0.1) is 0 Å². The van der Waals surface area contributed by atoms with Crippen molar-refractivity contribution >= 4 is 0 Å². The molecule has 2 aliphatic rings. The van der Waals surface area contributed by atoms with Crippen LogP contribution in [0.4, 0.5) is 0 Å². The van der Waals surface area contributed by atoms with Crippen molar-refractivity contribution in [2.24, 2.45) is 11.8 Å².